The van der Waals surface area contributed by atoms with Gasteiger partial charge in [-0.05, 0) is 83.5 Å². The molecule has 6 heteroatoms. The topological polar surface area (TPSA) is 95.9 Å². The minimum atomic E-state index is -0.667. The summed E-state index contributed by atoms with van der Waals surface area (Å²) in [6.45, 7) is 4.98. The summed E-state index contributed by atoms with van der Waals surface area (Å²) in [6, 6.07) is -0.544. The van der Waals surface area contributed by atoms with Crippen LogP contribution in [0.5, 0.6) is 0 Å². The van der Waals surface area contributed by atoms with E-state index in [1.807, 2.05) is 0 Å². The maximum atomic E-state index is 12.6. The molecule has 0 aromatic rings. The Bertz CT molecular complexity index is 1340. The molecule has 0 aliphatic carbocycles. The lowest BCUT2D eigenvalue weighted by Crippen LogP contribution is -2.45. The van der Waals surface area contributed by atoms with Gasteiger partial charge in [0.25, 0.3) is 0 Å². The number of nitrogens with one attached hydrogen (secondary N) is 1. The molecule has 490 valence electrons. The van der Waals surface area contributed by atoms with Crippen molar-refractivity contribution in [1.29, 1.82) is 0 Å². The molecule has 2 unspecified atom stereocenters. The highest BCUT2D eigenvalue weighted by atomic mass is 16.5. The van der Waals surface area contributed by atoms with E-state index in [9.17, 15) is 19.8 Å². The van der Waals surface area contributed by atoms with Crippen molar-refractivity contribution in [3.63, 3.8) is 0 Å². The Hall–Kier alpha value is -1.92. The average molecular weight is 1170 g/mol. The fourth-order valence-electron chi connectivity index (χ4n) is 11.9. The molecule has 0 heterocycles. The van der Waals surface area contributed by atoms with Gasteiger partial charge in [-0.1, -0.05) is 359 Å². The molecule has 0 saturated heterocycles. The molecular formula is C77H147NO5. The van der Waals surface area contributed by atoms with Crippen LogP contribution < -0.4 is 5.32 Å². The molecule has 2 atom stereocenters. The predicted molar refractivity (Wildman–Crippen MR) is 366 cm³/mol. The van der Waals surface area contributed by atoms with E-state index in [0.29, 0.717) is 25.9 Å². The van der Waals surface area contributed by atoms with Crippen LogP contribution in [0.25, 0.3) is 0 Å². The maximum absolute atomic E-state index is 12.6. The molecule has 3 N–H and O–H groups in total. The third-order valence-corrected chi connectivity index (χ3v) is 17.7. The third-order valence-electron chi connectivity index (χ3n) is 17.7. The molecule has 0 aliphatic rings. The zero-order chi connectivity index (χ0) is 59.9. The summed E-state index contributed by atoms with van der Waals surface area (Å²) in [7, 11) is 0. The lowest BCUT2D eigenvalue weighted by Gasteiger charge is -2.22. The fourth-order valence-corrected chi connectivity index (χ4v) is 11.9. The van der Waals surface area contributed by atoms with Gasteiger partial charge in [-0.2, -0.15) is 0 Å². The Kier molecular flexibility index (Phi) is 70.9. The monoisotopic (exact) mass is 1170 g/mol. The summed E-state index contributed by atoms with van der Waals surface area (Å²) >= 11 is 0. The summed E-state index contributed by atoms with van der Waals surface area (Å²) in [5.74, 6) is -0.0272. The molecule has 0 fully saturated rings. The summed E-state index contributed by atoms with van der Waals surface area (Å²) in [5, 5.41) is 23.5. The number of rotatable bonds is 71. The molecule has 0 aromatic carbocycles. The second-order valence-corrected chi connectivity index (χ2v) is 26.0. The van der Waals surface area contributed by atoms with Crippen molar-refractivity contribution in [3.05, 3.63) is 36.5 Å². The van der Waals surface area contributed by atoms with Gasteiger partial charge in [0, 0.05) is 12.8 Å². The van der Waals surface area contributed by atoms with Crippen molar-refractivity contribution >= 4 is 11.9 Å². The largest absolute Gasteiger partial charge is 0.466 e. The zero-order valence-corrected chi connectivity index (χ0v) is 56.2. The quantitative estimate of drug-likeness (QED) is 0.0320. The highest BCUT2D eigenvalue weighted by Gasteiger charge is 2.20. The van der Waals surface area contributed by atoms with Crippen LogP contribution in [0.1, 0.15) is 418 Å². The van der Waals surface area contributed by atoms with Crippen LogP contribution in [0.2, 0.25) is 0 Å². The first-order valence-corrected chi connectivity index (χ1v) is 37.7. The van der Waals surface area contributed by atoms with Crippen LogP contribution in [-0.2, 0) is 14.3 Å². The lowest BCUT2D eigenvalue weighted by molar-refractivity contribution is -0.143. The minimum Gasteiger partial charge on any atom is -0.466 e. The number of aliphatic hydroxyl groups excluding tert-OH is 2. The second kappa shape index (κ2) is 72.6. The van der Waals surface area contributed by atoms with E-state index in [0.717, 1.165) is 51.4 Å². The molecular weight excluding hydrogens is 1020 g/mol. The molecule has 1 amide bonds. The summed E-state index contributed by atoms with van der Waals surface area (Å²) in [4.78, 5) is 24.6. The Morgan fingerprint density at radius 3 is 0.928 bits per heavy atom. The molecule has 0 radical (unpaired) electrons. The van der Waals surface area contributed by atoms with Gasteiger partial charge in [-0.25, -0.2) is 0 Å². The molecule has 83 heavy (non-hydrogen) atoms. The smallest absolute Gasteiger partial charge is 0.305 e. The standard InChI is InChI=1S/C77H147NO5/c1-3-5-7-9-11-13-15-17-19-20-21-22-30-33-36-39-42-45-49-53-57-61-65-69-75(80)74(73-79)78-76(81)70-66-62-58-54-50-46-43-40-37-34-31-28-26-24-23-25-27-29-32-35-38-41-44-48-52-56-60-64-68-72-83-77(82)71-67-63-59-55-51-47-18-16-14-12-10-8-6-4-2/h16,18,23,25,29,32,74-75,79-80H,3-15,17,19-22,24,26-28,30-31,33-73H2,1-2H3,(H,78,81)/b18-16-,25-23-,32-29-. The van der Waals surface area contributed by atoms with Gasteiger partial charge >= 0.3 is 5.97 Å². The number of unbranched alkanes of at least 4 members (excludes halogenated alkanes) is 54. The molecule has 0 spiro atoms. The summed E-state index contributed by atoms with van der Waals surface area (Å²) < 4.78 is 5.48. The van der Waals surface area contributed by atoms with E-state index in [4.69, 9.17) is 4.74 Å². The van der Waals surface area contributed by atoms with Crippen molar-refractivity contribution in [1.82, 2.24) is 5.32 Å². The molecule has 0 rings (SSSR count). The summed E-state index contributed by atoms with van der Waals surface area (Å²) in [5.41, 5.74) is 0. The van der Waals surface area contributed by atoms with E-state index < -0.39 is 12.1 Å². The number of aliphatic hydroxyl groups is 2. The van der Waals surface area contributed by atoms with Gasteiger partial charge in [0.1, 0.15) is 0 Å². The first kappa shape index (κ1) is 81.1. The highest BCUT2D eigenvalue weighted by molar-refractivity contribution is 5.76. The van der Waals surface area contributed by atoms with Gasteiger partial charge in [-0.15, -0.1) is 0 Å². The highest BCUT2D eigenvalue weighted by Crippen LogP contribution is 2.19. The number of hydrogen-bond acceptors (Lipinski definition) is 5. The van der Waals surface area contributed by atoms with E-state index in [1.54, 1.807) is 0 Å². The van der Waals surface area contributed by atoms with Crippen LogP contribution in [0.3, 0.4) is 0 Å². The Morgan fingerprint density at radius 2 is 0.602 bits per heavy atom. The molecule has 0 aromatic heterocycles. The van der Waals surface area contributed by atoms with Gasteiger partial charge < -0.3 is 20.3 Å². The van der Waals surface area contributed by atoms with E-state index in [2.05, 4.69) is 55.6 Å². The predicted octanol–water partition coefficient (Wildman–Crippen LogP) is 24.7. The normalized spacial score (nSPS) is 12.7. The first-order valence-electron chi connectivity index (χ1n) is 37.7. The van der Waals surface area contributed by atoms with Crippen molar-refractivity contribution < 1.29 is 24.5 Å². The number of hydrogen-bond donors (Lipinski definition) is 3. The Labute approximate surface area is 519 Å². The molecule has 0 saturated carbocycles. The third kappa shape index (κ3) is 69.1. The average Bonchev–Trinajstić information content (AvgIpc) is 3.49. The van der Waals surface area contributed by atoms with Crippen LogP contribution in [0.4, 0.5) is 0 Å². The van der Waals surface area contributed by atoms with Gasteiger partial charge in [0.05, 0.1) is 25.4 Å². The SMILES string of the molecule is CCCCCCC/C=C\CCCCCCCC(=O)OCCCCCCCCCCC/C=C\C/C=C\CCCCCCCCCCCCCCCC(=O)NC(CO)C(O)CCCCCCCCCCCCCCCCCCCCCCCCC. The summed E-state index contributed by atoms with van der Waals surface area (Å²) in [6.07, 6.45) is 93.5. The van der Waals surface area contributed by atoms with Gasteiger partial charge in [0.15, 0.2) is 0 Å². The van der Waals surface area contributed by atoms with Crippen LogP contribution in [0, 0.1) is 0 Å². The van der Waals surface area contributed by atoms with Crippen LogP contribution in [-0.4, -0.2) is 47.4 Å². The van der Waals surface area contributed by atoms with E-state index in [1.165, 1.54) is 334 Å². The number of carbonyl (C=O) groups excluding carboxylic acids is 2. The molecule has 6 nitrogen and oxygen atoms in total. The number of ether oxygens (including phenoxy) is 1. The van der Waals surface area contributed by atoms with Crippen molar-refractivity contribution in [2.75, 3.05) is 13.2 Å². The number of esters is 1. The van der Waals surface area contributed by atoms with E-state index in [-0.39, 0.29) is 18.5 Å². The fraction of sp³-hybridized carbons (Fsp3) is 0.896. The minimum absolute atomic E-state index is 0.00410. The lowest BCUT2D eigenvalue weighted by atomic mass is 10.0. The first-order chi connectivity index (χ1) is 41.0. The molecule has 0 bridgehead atoms. The van der Waals surface area contributed by atoms with Gasteiger partial charge in [0.2, 0.25) is 5.91 Å². The zero-order valence-electron chi connectivity index (χ0n) is 56.2. The van der Waals surface area contributed by atoms with Crippen molar-refractivity contribution in [2.45, 2.75) is 431 Å². The second-order valence-electron chi connectivity index (χ2n) is 26.0. The number of carbonyl (C=O) groups is 2. The van der Waals surface area contributed by atoms with Gasteiger partial charge in [-0.3, -0.25) is 9.59 Å². The number of amides is 1. The van der Waals surface area contributed by atoms with Crippen LogP contribution >= 0.6 is 0 Å². The van der Waals surface area contributed by atoms with Crippen molar-refractivity contribution in [3.8, 4) is 0 Å². The van der Waals surface area contributed by atoms with Crippen molar-refractivity contribution in [2.24, 2.45) is 0 Å². The van der Waals surface area contributed by atoms with E-state index >= 15 is 0 Å². The van der Waals surface area contributed by atoms with Crippen LogP contribution in [0.15, 0.2) is 36.5 Å². The number of allylic oxidation sites excluding steroid dienone is 6. The molecule has 0 aliphatic heterocycles. The maximum Gasteiger partial charge on any atom is 0.305 e. The Balaban J connectivity index is 3.41. The Morgan fingerprint density at radius 1 is 0.337 bits per heavy atom.